The molecule has 4 aromatic rings. The second-order valence-corrected chi connectivity index (χ2v) is 8.70. The number of pyridine rings is 2. The number of ether oxygens (including phenoxy) is 1. The van der Waals surface area contributed by atoms with Crippen LogP contribution in [0.2, 0.25) is 10.0 Å². The SMILES string of the molecule is Cc1nc2ccccc2cc1OCc1c(Cl)ccc(N(C)C(=O)CNC(=O)Nc2cccnc2)c1Cl. The van der Waals surface area contributed by atoms with Gasteiger partial charge in [0.2, 0.25) is 5.91 Å². The number of anilines is 2. The molecule has 0 radical (unpaired) electrons. The molecule has 0 saturated heterocycles. The molecule has 3 amide bonds. The second kappa shape index (κ2) is 11.2. The first kappa shape index (κ1) is 25.2. The number of carbonyl (C=O) groups is 2. The maximum atomic E-state index is 12.7. The van der Waals surface area contributed by atoms with Crippen molar-refractivity contribution in [2.75, 3.05) is 23.8 Å². The van der Waals surface area contributed by atoms with E-state index >= 15 is 0 Å². The standard InChI is InChI=1S/C26H23Cl2N5O3/c1-16-23(12-17-6-3-4-8-21(17)31-16)36-15-19-20(27)9-10-22(25(19)28)33(2)24(34)14-30-26(35)32-18-7-5-11-29-13-18/h3-13H,14-15H2,1-2H3,(H2,30,32,35). The van der Waals surface area contributed by atoms with E-state index in [0.717, 1.165) is 16.6 Å². The van der Waals surface area contributed by atoms with Crippen molar-refractivity contribution in [2.45, 2.75) is 13.5 Å². The number of amides is 3. The molecule has 0 aliphatic heterocycles. The van der Waals surface area contributed by atoms with E-state index < -0.39 is 6.03 Å². The van der Waals surface area contributed by atoms with Gasteiger partial charge < -0.3 is 20.3 Å². The molecule has 2 N–H and O–H groups in total. The van der Waals surface area contributed by atoms with E-state index in [1.54, 1.807) is 37.5 Å². The average Bonchev–Trinajstić information content (AvgIpc) is 2.87. The van der Waals surface area contributed by atoms with Gasteiger partial charge in [0.15, 0.2) is 0 Å². The summed E-state index contributed by atoms with van der Waals surface area (Å²) in [4.78, 5) is 34.7. The topological polar surface area (TPSA) is 96.5 Å². The molecule has 8 nitrogen and oxygen atoms in total. The van der Waals surface area contributed by atoms with Gasteiger partial charge in [0.1, 0.15) is 12.4 Å². The van der Waals surface area contributed by atoms with Crippen LogP contribution < -0.4 is 20.3 Å². The Hall–Kier alpha value is -3.88. The lowest BCUT2D eigenvalue weighted by Gasteiger charge is -2.21. The van der Waals surface area contributed by atoms with Gasteiger partial charge in [0.25, 0.3) is 0 Å². The summed E-state index contributed by atoms with van der Waals surface area (Å²) in [5.74, 6) is 0.237. The molecule has 4 rings (SSSR count). The van der Waals surface area contributed by atoms with Crippen molar-refractivity contribution in [3.63, 3.8) is 0 Å². The number of aryl methyl sites for hydroxylation is 1. The number of rotatable bonds is 7. The molecule has 0 saturated carbocycles. The quantitative estimate of drug-likeness (QED) is 0.328. The number of aromatic nitrogens is 2. The van der Waals surface area contributed by atoms with Crippen molar-refractivity contribution in [3.05, 3.63) is 88.3 Å². The van der Waals surface area contributed by atoms with E-state index in [9.17, 15) is 9.59 Å². The minimum Gasteiger partial charge on any atom is -0.487 e. The monoisotopic (exact) mass is 523 g/mol. The third kappa shape index (κ3) is 5.84. The molecule has 10 heteroatoms. The Morgan fingerprint density at radius 2 is 1.89 bits per heavy atom. The Kier molecular flexibility index (Phi) is 7.87. The summed E-state index contributed by atoms with van der Waals surface area (Å²) >= 11 is 13.1. The van der Waals surface area contributed by atoms with E-state index in [4.69, 9.17) is 27.9 Å². The lowest BCUT2D eigenvalue weighted by atomic mass is 10.1. The molecule has 2 aromatic carbocycles. The van der Waals surface area contributed by atoms with Gasteiger partial charge in [-0.15, -0.1) is 0 Å². The zero-order chi connectivity index (χ0) is 25.7. The number of nitrogens with zero attached hydrogens (tertiary/aromatic N) is 3. The van der Waals surface area contributed by atoms with Crippen molar-refractivity contribution in [1.82, 2.24) is 15.3 Å². The number of fused-ring (bicyclic) bond motifs is 1. The number of hydrogen-bond acceptors (Lipinski definition) is 5. The third-order valence-corrected chi connectivity index (χ3v) is 6.24. The van der Waals surface area contributed by atoms with Crippen molar-refractivity contribution in [3.8, 4) is 5.75 Å². The fourth-order valence-electron chi connectivity index (χ4n) is 3.49. The first-order valence-corrected chi connectivity index (χ1v) is 11.8. The summed E-state index contributed by atoms with van der Waals surface area (Å²) in [5.41, 5.74) is 3.10. The molecule has 36 heavy (non-hydrogen) atoms. The van der Waals surface area contributed by atoms with Crippen LogP contribution in [0.3, 0.4) is 0 Å². The van der Waals surface area contributed by atoms with E-state index in [-0.39, 0.29) is 24.1 Å². The summed E-state index contributed by atoms with van der Waals surface area (Å²) in [5, 5.41) is 6.77. The summed E-state index contributed by atoms with van der Waals surface area (Å²) in [6, 6.07) is 15.8. The predicted octanol–water partition coefficient (Wildman–Crippen LogP) is 5.61. The molecule has 0 bridgehead atoms. The molecule has 0 unspecified atom stereocenters. The van der Waals surface area contributed by atoms with Crippen molar-refractivity contribution < 1.29 is 14.3 Å². The van der Waals surface area contributed by atoms with Gasteiger partial charge in [0, 0.05) is 29.2 Å². The Bertz CT molecular complexity index is 1420. The molecule has 0 spiro atoms. The number of para-hydroxylation sites is 1. The molecule has 2 aromatic heterocycles. The van der Waals surface area contributed by atoms with Crippen LogP contribution in [0.1, 0.15) is 11.3 Å². The van der Waals surface area contributed by atoms with Gasteiger partial charge in [-0.1, -0.05) is 41.4 Å². The van der Waals surface area contributed by atoms with E-state index in [1.807, 2.05) is 37.3 Å². The van der Waals surface area contributed by atoms with Gasteiger partial charge in [-0.3, -0.25) is 9.78 Å². The molecular formula is C26H23Cl2N5O3. The van der Waals surface area contributed by atoms with Crippen LogP contribution in [-0.4, -0.2) is 35.5 Å². The lowest BCUT2D eigenvalue weighted by Crippen LogP contribution is -2.40. The molecule has 0 atom stereocenters. The van der Waals surface area contributed by atoms with Crippen LogP contribution in [0, 0.1) is 6.92 Å². The lowest BCUT2D eigenvalue weighted by molar-refractivity contribution is -0.117. The maximum Gasteiger partial charge on any atom is 0.319 e. The molecule has 0 aliphatic carbocycles. The Morgan fingerprint density at radius 1 is 1.08 bits per heavy atom. The van der Waals surface area contributed by atoms with Gasteiger partial charge in [-0.25, -0.2) is 9.78 Å². The van der Waals surface area contributed by atoms with Crippen LogP contribution in [0.4, 0.5) is 16.2 Å². The van der Waals surface area contributed by atoms with Gasteiger partial charge >= 0.3 is 6.03 Å². The molecule has 0 fully saturated rings. The van der Waals surface area contributed by atoms with Crippen molar-refractivity contribution in [1.29, 1.82) is 0 Å². The zero-order valence-corrected chi connectivity index (χ0v) is 21.1. The van der Waals surface area contributed by atoms with Gasteiger partial charge in [0.05, 0.1) is 40.3 Å². The van der Waals surface area contributed by atoms with Crippen LogP contribution in [0.15, 0.2) is 67.0 Å². The number of halogens is 2. The highest BCUT2D eigenvalue weighted by Gasteiger charge is 2.19. The normalized spacial score (nSPS) is 10.7. The number of carbonyl (C=O) groups excluding carboxylic acids is 2. The summed E-state index contributed by atoms with van der Waals surface area (Å²) < 4.78 is 6.02. The van der Waals surface area contributed by atoms with Crippen molar-refractivity contribution in [2.24, 2.45) is 0 Å². The molecule has 0 aliphatic rings. The van der Waals surface area contributed by atoms with Gasteiger partial charge in [-0.05, 0) is 43.3 Å². The van der Waals surface area contributed by atoms with Gasteiger partial charge in [-0.2, -0.15) is 0 Å². The van der Waals surface area contributed by atoms with Crippen LogP contribution in [0.5, 0.6) is 5.75 Å². The first-order valence-electron chi connectivity index (χ1n) is 11.0. The number of likely N-dealkylation sites (N-methyl/N-ethyl adjacent to an activating group) is 1. The average molecular weight is 524 g/mol. The number of benzene rings is 2. The number of nitrogens with one attached hydrogen (secondary N) is 2. The number of urea groups is 1. The minimum absolute atomic E-state index is 0.0835. The highest BCUT2D eigenvalue weighted by Crippen LogP contribution is 2.35. The van der Waals surface area contributed by atoms with E-state index in [1.165, 1.54) is 11.1 Å². The summed E-state index contributed by atoms with van der Waals surface area (Å²) in [6.45, 7) is 1.71. The molecule has 2 heterocycles. The van der Waals surface area contributed by atoms with E-state index in [2.05, 4.69) is 20.6 Å². The van der Waals surface area contributed by atoms with Crippen LogP contribution >= 0.6 is 23.2 Å². The van der Waals surface area contributed by atoms with E-state index in [0.29, 0.717) is 27.7 Å². The fraction of sp³-hybridized carbons (Fsp3) is 0.154. The smallest absolute Gasteiger partial charge is 0.319 e. The minimum atomic E-state index is -0.527. The maximum absolute atomic E-state index is 12.7. The van der Waals surface area contributed by atoms with Crippen molar-refractivity contribution >= 4 is 57.4 Å². The summed E-state index contributed by atoms with van der Waals surface area (Å²) in [6.07, 6.45) is 3.09. The zero-order valence-electron chi connectivity index (χ0n) is 19.6. The Balaban J connectivity index is 1.43. The second-order valence-electron chi connectivity index (χ2n) is 7.91. The third-order valence-electron chi connectivity index (χ3n) is 5.46. The highest BCUT2D eigenvalue weighted by molar-refractivity contribution is 6.38. The van der Waals surface area contributed by atoms with Crippen LogP contribution in [0.25, 0.3) is 10.9 Å². The largest absolute Gasteiger partial charge is 0.487 e. The molecule has 184 valence electrons. The highest BCUT2D eigenvalue weighted by atomic mass is 35.5. The predicted molar refractivity (Wildman–Crippen MR) is 142 cm³/mol. The van der Waals surface area contributed by atoms with Crippen LogP contribution in [-0.2, 0) is 11.4 Å². The first-order chi connectivity index (χ1) is 17.3. The summed E-state index contributed by atoms with van der Waals surface area (Å²) in [7, 11) is 1.57. The number of hydrogen-bond donors (Lipinski definition) is 2. The fourth-order valence-corrected chi connectivity index (χ4v) is 4.09. The molecular weight excluding hydrogens is 501 g/mol. The Labute approximate surface area is 218 Å². The Morgan fingerprint density at radius 3 is 2.67 bits per heavy atom.